The van der Waals surface area contributed by atoms with Gasteiger partial charge in [0, 0.05) is 5.39 Å². The van der Waals surface area contributed by atoms with Gasteiger partial charge in [-0.3, -0.25) is 16.8 Å². The summed E-state index contributed by atoms with van der Waals surface area (Å²) in [5, 5.41) is 16.0. The van der Waals surface area contributed by atoms with Crippen LogP contribution in [0.2, 0.25) is 0 Å². The lowest BCUT2D eigenvalue weighted by Crippen LogP contribution is -2.02. The van der Waals surface area contributed by atoms with Crippen molar-refractivity contribution in [2.45, 2.75) is 0 Å². The number of hydrazine groups is 1. The van der Waals surface area contributed by atoms with Crippen LogP contribution in [0.4, 0.5) is 0 Å². The number of carbonyl (C=O) groups is 1. The predicted molar refractivity (Wildman–Crippen MR) is 51.4 cm³/mol. The molecule has 14 heavy (non-hydrogen) atoms. The van der Waals surface area contributed by atoms with Crippen LogP contribution in [0.15, 0.2) is 24.4 Å². The smallest absolute Gasteiger partial charge is 0.335 e. The third-order valence-corrected chi connectivity index (χ3v) is 1.69. The number of hydrogen-bond donors (Lipinski definition) is 4. The number of aromatic nitrogens is 2. The van der Waals surface area contributed by atoms with E-state index in [2.05, 4.69) is 21.9 Å². The van der Waals surface area contributed by atoms with E-state index >= 15 is 0 Å². The largest absolute Gasteiger partial charge is 0.478 e. The minimum atomic E-state index is -0.918. The Balaban J connectivity index is 0.000000461. The number of H-pyrrole nitrogens is 1. The first-order valence-corrected chi connectivity index (χ1v) is 3.77. The van der Waals surface area contributed by atoms with Crippen molar-refractivity contribution in [2.24, 2.45) is 11.7 Å². The first-order valence-electron chi connectivity index (χ1n) is 3.77. The van der Waals surface area contributed by atoms with Crippen LogP contribution in [0.25, 0.3) is 10.9 Å². The molecule has 0 bridgehead atoms. The van der Waals surface area contributed by atoms with Gasteiger partial charge in [0.1, 0.15) is 0 Å². The topological polar surface area (TPSA) is 118 Å². The number of benzene rings is 1. The van der Waals surface area contributed by atoms with Crippen molar-refractivity contribution in [3.05, 3.63) is 30.0 Å². The zero-order valence-electron chi connectivity index (χ0n) is 7.27. The molecule has 0 radical (unpaired) electrons. The minimum Gasteiger partial charge on any atom is -0.478 e. The molecular weight excluding hydrogens is 184 g/mol. The number of nitrogens with two attached hydrogens (primary N) is 2. The Morgan fingerprint density at radius 1 is 1.43 bits per heavy atom. The van der Waals surface area contributed by atoms with Gasteiger partial charge >= 0.3 is 5.97 Å². The number of rotatable bonds is 1. The normalized spacial score (nSPS) is 9.29. The van der Waals surface area contributed by atoms with Gasteiger partial charge in [0.2, 0.25) is 0 Å². The summed E-state index contributed by atoms with van der Waals surface area (Å²) in [5.41, 5.74) is 1.13. The van der Waals surface area contributed by atoms with Crippen molar-refractivity contribution in [3.63, 3.8) is 0 Å². The van der Waals surface area contributed by atoms with E-state index in [0.717, 1.165) is 10.9 Å². The average Bonchev–Trinajstić information content (AvgIpc) is 2.67. The number of aromatic carboxylic acids is 1. The molecule has 1 heterocycles. The Kier molecular flexibility index (Phi) is 3.16. The minimum absolute atomic E-state index is 0.281. The van der Waals surface area contributed by atoms with Crippen LogP contribution in [-0.4, -0.2) is 21.3 Å². The van der Waals surface area contributed by atoms with Crippen LogP contribution in [-0.2, 0) is 0 Å². The van der Waals surface area contributed by atoms with E-state index in [-0.39, 0.29) is 5.56 Å². The van der Waals surface area contributed by atoms with Crippen molar-refractivity contribution >= 4 is 16.9 Å². The molecular formula is C8H10N4O2. The number of fused-ring (bicyclic) bond motifs is 1. The van der Waals surface area contributed by atoms with Crippen LogP contribution in [0, 0.1) is 0 Å². The monoisotopic (exact) mass is 194 g/mol. The standard InChI is InChI=1S/C8H6N2O2.H4N2/c11-8(12)5-1-2-7-6(3-5)4-9-10-7;1-2/h1-4H,(H,9,10)(H,11,12);1-2H2. The van der Waals surface area contributed by atoms with Gasteiger partial charge in [0.05, 0.1) is 17.3 Å². The van der Waals surface area contributed by atoms with Crippen LogP contribution >= 0.6 is 0 Å². The molecule has 0 saturated carbocycles. The van der Waals surface area contributed by atoms with E-state index in [1.807, 2.05) is 0 Å². The second kappa shape index (κ2) is 4.35. The van der Waals surface area contributed by atoms with Gasteiger partial charge < -0.3 is 5.11 Å². The third-order valence-electron chi connectivity index (χ3n) is 1.69. The zero-order valence-corrected chi connectivity index (χ0v) is 7.27. The van der Waals surface area contributed by atoms with Gasteiger partial charge in [-0.1, -0.05) is 0 Å². The van der Waals surface area contributed by atoms with Gasteiger partial charge in [-0.15, -0.1) is 0 Å². The molecule has 1 aromatic carbocycles. The first kappa shape index (κ1) is 10.2. The molecule has 0 unspecified atom stereocenters. The van der Waals surface area contributed by atoms with Crippen molar-refractivity contribution in [3.8, 4) is 0 Å². The fraction of sp³-hybridized carbons (Fsp3) is 0. The molecule has 0 aliphatic heterocycles. The number of nitrogens with one attached hydrogen (secondary N) is 1. The van der Waals surface area contributed by atoms with Gasteiger partial charge in [-0.25, -0.2) is 4.79 Å². The molecule has 6 heteroatoms. The highest BCUT2D eigenvalue weighted by molar-refractivity contribution is 5.93. The fourth-order valence-electron chi connectivity index (χ4n) is 1.08. The summed E-state index contributed by atoms with van der Waals surface area (Å²) in [6.45, 7) is 0. The lowest BCUT2D eigenvalue weighted by atomic mass is 10.2. The van der Waals surface area contributed by atoms with E-state index in [0.29, 0.717) is 0 Å². The lowest BCUT2D eigenvalue weighted by Gasteiger charge is -1.92. The molecule has 74 valence electrons. The first-order chi connectivity index (χ1) is 6.77. The Morgan fingerprint density at radius 2 is 2.14 bits per heavy atom. The van der Waals surface area contributed by atoms with E-state index in [1.165, 1.54) is 0 Å². The van der Waals surface area contributed by atoms with Crippen LogP contribution < -0.4 is 11.7 Å². The maximum atomic E-state index is 10.5. The Labute approximate surface area is 79.5 Å². The van der Waals surface area contributed by atoms with E-state index in [1.54, 1.807) is 24.4 Å². The summed E-state index contributed by atoms with van der Waals surface area (Å²) in [4.78, 5) is 10.5. The molecule has 0 aliphatic carbocycles. The maximum absolute atomic E-state index is 10.5. The Morgan fingerprint density at radius 3 is 2.79 bits per heavy atom. The molecule has 0 aliphatic rings. The van der Waals surface area contributed by atoms with E-state index < -0.39 is 5.97 Å². The molecule has 1 aromatic heterocycles. The van der Waals surface area contributed by atoms with Gasteiger partial charge in [0.15, 0.2) is 0 Å². The van der Waals surface area contributed by atoms with Crippen molar-refractivity contribution in [1.82, 2.24) is 10.2 Å². The molecule has 6 nitrogen and oxygen atoms in total. The van der Waals surface area contributed by atoms with Crippen molar-refractivity contribution < 1.29 is 9.90 Å². The molecule has 0 spiro atoms. The van der Waals surface area contributed by atoms with Crippen LogP contribution in [0.1, 0.15) is 10.4 Å². The summed E-state index contributed by atoms with van der Waals surface area (Å²) < 4.78 is 0. The number of hydrogen-bond acceptors (Lipinski definition) is 4. The molecule has 6 N–H and O–H groups in total. The third kappa shape index (κ3) is 1.87. The highest BCUT2D eigenvalue weighted by Crippen LogP contribution is 2.12. The molecule has 2 aromatic rings. The quantitative estimate of drug-likeness (QED) is 0.378. The summed E-state index contributed by atoms with van der Waals surface area (Å²) in [7, 11) is 0. The highest BCUT2D eigenvalue weighted by atomic mass is 16.4. The molecule has 0 fully saturated rings. The van der Waals surface area contributed by atoms with Crippen molar-refractivity contribution in [2.75, 3.05) is 0 Å². The Bertz CT molecular complexity index is 438. The molecule has 0 atom stereocenters. The van der Waals surface area contributed by atoms with E-state index in [9.17, 15) is 4.79 Å². The average molecular weight is 194 g/mol. The highest BCUT2D eigenvalue weighted by Gasteiger charge is 2.03. The summed E-state index contributed by atoms with van der Waals surface area (Å²) in [6.07, 6.45) is 1.60. The molecule has 2 rings (SSSR count). The van der Waals surface area contributed by atoms with Gasteiger partial charge in [-0.2, -0.15) is 5.10 Å². The Hall–Kier alpha value is -1.92. The zero-order chi connectivity index (χ0) is 10.6. The summed E-state index contributed by atoms with van der Waals surface area (Å²) >= 11 is 0. The number of carboxylic acids is 1. The van der Waals surface area contributed by atoms with Crippen LogP contribution in [0.3, 0.4) is 0 Å². The molecule has 0 amide bonds. The predicted octanol–water partition coefficient (Wildman–Crippen LogP) is 0.0799. The van der Waals surface area contributed by atoms with E-state index in [4.69, 9.17) is 5.11 Å². The lowest BCUT2D eigenvalue weighted by molar-refractivity contribution is 0.0697. The van der Waals surface area contributed by atoms with Gasteiger partial charge in [-0.05, 0) is 18.2 Å². The second-order valence-electron chi connectivity index (χ2n) is 2.48. The summed E-state index contributed by atoms with van der Waals surface area (Å²) in [6, 6.07) is 4.83. The maximum Gasteiger partial charge on any atom is 0.335 e. The molecule has 0 saturated heterocycles. The SMILES string of the molecule is NN.O=C(O)c1ccc2[nH]ncc2c1. The second-order valence-corrected chi connectivity index (χ2v) is 2.48. The van der Waals surface area contributed by atoms with Gasteiger partial charge in [0.25, 0.3) is 0 Å². The fourth-order valence-corrected chi connectivity index (χ4v) is 1.08. The number of aromatic amines is 1. The van der Waals surface area contributed by atoms with Crippen molar-refractivity contribution in [1.29, 1.82) is 0 Å². The number of carboxylic acid groups (broad SMARTS) is 1. The van der Waals surface area contributed by atoms with Crippen LogP contribution in [0.5, 0.6) is 0 Å². The summed E-state index contributed by atoms with van der Waals surface area (Å²) in [5.74, 6) is 7.08. The number of nitrogens with zero attached hydrogens (tertiary/aromatic N) is 1.